The topological polar surface area (TPSA) is 91.4 Å². The average Bonchev–Trinajstić information content (AvgIpc) is 3.16. The van der Waals surface area contributed by atoms with Gasteiger partial charge in [-0.3, -0.25) is 10.1 Å². The maximum atomic E-state index is 12.2. The Morgan fingerprint density at radius 2 is 1.78 bits per heavy atom. The number of nitrogens with zero attached hydrogens (tertiary/aromatic N) is 2. The Morgan fingerprint density at radius 1 is 1.12 bits per heavy atom. The third-order valence-electron chi connectivity index (χ3n) is 5.51. The maximum Gasteiger partial charge on any atom is 0.337 e. The molecule has 0 saturated heterocycles. The summed E-state index contributed by atoms with van der Waals surface area (Å²) in [6.45, 7) is 5.40. The molecule has 0 fully saturated rings. The predicted octanol–water partition coefficient (Wildman–Crippen LogP) is 4.91. The van der Waals surface area contributed by atoms with Crippen molar-refractivity contribution in [2.45, 2.75) is 26.7 Å². The average molecular weight is 434 g/mol. The normalized spacial score (nSPS) is 13.7. The lowest BCUT2D eigenvalue weighted by atomic mass is 9.78. The number of nitro groups is 1. The fourth-order valence-corrected chi connectivity index (χ4v) is 4.00. The number of fused-ring (bicyclic) bond motifs is 1. The number of carbonyl (C=O) groups excluding carboxylic acids is 2. The van der Waals surface area contributed by atoms with Crippen molar-refractivity contribution in [2.75, 3.05) is 6.61 Å². The second kappa shape index (κ2) is 10.0. The first kappa shape index (κ1) is 22.9. The van der Waals surface area contributed by atoms with Gasteiger partial charge in [0.15, 0.2) is 0 Å². The Labute approximate surface area is 186 Å². The summed E-state index contributed by atoms with van der Waals surface area (Å²) >= 11 is 0. The summed E-state index contributed by atoms with van der Waals surface area (Å²) in [6.07, 6.45) is 3.47. The highest BCUT2D eigenvalue weighted by Gasteiger charge is 2.38. The third kappa shape index (κ3) is 4.61. The van der Waals surface area contributed by atoms with E-state index < -0.39 is 22.7 Å². The lowest BCUT2D eigenvalue weighted by molar-refractivity contribution is -0.431. The molecule has 0 N–H and O–H groups in total. The van der Waals surface area contributed by atoms with Gasteiger partial charge in [0.1, 0.15) is 6.29 Å². The number of hydrogen-bond donors (Lipinski definition) is 0. The molecule has 0 aliphatic carbocycles. The van der Waals surface area contributed by atoms with Crippen LogP contribution in [0.25, 0.3) is 16.6 Å². The van der Waals surface area contributed by atoms with Crippen molar-refractivity contribution < 1.29 is 19.2 Å². The van der Waals surface area contributed by atoms with E-state index in [-0.39, 0.29) is 18.2 Å². The Hall–Kier alpha value is -3.74. The number of rotatable bonds is 9. The minimum absolute atomic E-state index is 0.0968. The Bertz CT molecular complexity index is 1150. The zero-order valence-corrected chi connectivity index (χ0v) is 18.3. The second-order valence-electron chi connectivity index (χ2n) is 7.82. The lowest BCUT2D eigenvalue weighted by Gasteiger charge is -2.23. The summed E-state index contributed by atoms with van der Waals surface area (Å²) in [5.74, 6) is -2.64. The van der Waals surface area contributed by atoms with Crippen LogP contribution in [0.15, 0.2) is 72.6 Å². The number of hydrogen-bond acceptors (Lipinski definition) is 5. The van der Waals surface area contributed by atoms with E-state index in [1.54, 1.807) is 6.92 Å². The lowest BCUT2D eigenvalue weighted by Crippen LogP contribution is -2.25. The van der Waals surface area contributed by atoms with E-state index in [2.05, 4.69) is 0 Å². The molecule has 3 aromatic rings. The van der Waals surface area contributed by atoms with Crippen LogP contribution in [0.3, 0.4) is 0 Å². The van der Waals surface area contributed by atoms with Crippen LogP contribution in [0.2, 0.25) is 0 Å². The van der Waals surface area contributed by atoms with Crippen LogP contribution < -0.4 is 0 Å². The number of allylic oxidation sites excluding steroid dienone is 1. The highest BCUT2D eigenvalue weighted by Crippen LogP contribution is 2.40. The van der Waals surface area contributed by atoms with Gasteiger partial charge in [0, 0.05) is 23.2 Å². The zero-order chi connectivity index (χ0) is 23.3. The van der Waals surface area contributed by atoms with Crippen molar-refractivity contribution in [3.8, 4) is 5.69 Å². The third-order valence-corrected chi connectivity index (χ3v) is 5.51. The standard InChI is InChI=1S/C25H26N2O5/c1-4-32-24(29)14-23(27(30)31)25(21(16-28)17(2)3)20-15-26(18-10-6-5-7-11-18)22-13-9-8-12-19(20)22/h5-17,21,25H,4H2,1-3H3/b23-14-/t21-,25-/m1/s1. The Balaban J connectivity index is 2.32. The molecule has 32 heavy (non-hydrogen) atoms. The molecule has 7 nitrogen and oxygen atoms in total. The molecule has 1 heterocycles. The predicted molar refractivity (Wildman–Crippen MR) is 122 cm³/mol. The van der Waals surface area contributed by atoms with Crippen molar-refractivity contribution in [1.29, 1.82) is 0 Å². The van der Waals surface area contributed by atoms with Gasteiger partial charge in [-0.1, -0.05) is 50.2 Å². The quantitative estimate of drug-likeness (QED) is 0.157. The molecule has 3 rings (SSSR count). The summed E-state index contributed by atoms with van der Waals surface area (Å²) in [4.78, 5) is 35.8. The Morgan fingerprint density at radius 3 is 2.38 bits per heavy atom. The van der Waals surface area contributed by atoms with Gasteiger partial charge in [0.2, 0.25) is 0 Å². The molecule has 0 saturated carbocycles. The zero-order valence-electron chi connectivity index (χ0n) is 18.3. The van der Waals surface area contributed by atoms with Gasteiger partial charge in [-0.2, -0.15) is 0 Å². The SMILES string of the molecule is CCOC(=O)/C=C(/[C@H](c1cn(-c2ccccc2)c2ccccc12)[C@H](C=O)C(C)C)[N+](=O)[O-]. The van der Waals surface area contributed by atoms with Crippen molar-refractivity contribution in [2.24, 2.45) is 11.8 Å². The number of carbonyl (C=O) groups is 2. The summed E-state index contributed by atoms with van der Waals surface area (Å²) in [6, 6.07) is 17.2. The van der Waals surface area contributed by atoms with Gasteiger partial charge in [0.05, 0.1) is 29.0 Å². The number of ether oxygens (including phenoxy) is 1. The number of aldehydes is 1. The molecule has 0 radical (unpaired) electrons. The van der Waals surface area contributed by atoms with E-state index in [4.69, 9.17) is 4.74 Å². The summed E-state index contributed by atoms with van der Waals surface area (Å²) in [7, 11) is 0. The molecule has 0 aliphatic heterocycles. The molecular formula is C25H26N2O5. The molecule has 2 aromatic carbocycles. The fraction of sp³-hybridized carbons (Fsp3) is 0.280. The number of aromatic nitrogens is 1. The smallest absolute Gasteiger partial charge is 0.337 e. The molecule has 7 heteroatoms. The van der Waals surface area contributed by atoms with Crippen LogP contribution in [0.4, 0.5) is 0 Å². The van der Waals surface area contributed by atoms with Gasteiger partial charge in [-0.15, -0.1) is 0 Å². The van der Waals surface area contributed by atoms with Gasteiger partial charge in [0.25, 0.3) is 5.70 Å². The summed E-state index contributed by atoms with van der Waals surface area (Å²) in [5, 5.41) is 12.9. The van der Waals surface area contributed by atoms with E-state index in [1.165, 1.54) is 0 Å². The highest BCUT2D eigenvalue weighted by molar-refractivity contribution is 5.88. The van der Waals surface area contributed by atoms with Crippen molar-refractivity contribution in [3.63, 3.8) is 0 Å². The first-order valence-electron chi connectivity index (χ1n) is 10.5. The number of benzene rings is 2. The molecule has 0 amide bonds. The molecule has 2 atom stereocenters. The van der Waals surface area contributed by atoms with Gasteiger partial charge in [-0.25, -0.2) is 4.79 Å². The van der Waals surface area contributed by atoms with Crippen LogP contribution in [-0.2, 0) is 14.3 Å². The van der Waals surface area contributed by atoms with Gasteiger partial charge >= 0.3 is 5.97 Å². The molecule has 166 valence electrons. The molecule has 0 spiro atoms. The van der Waals surface area contributed by atoms with Crippen LogP contribution in [-0.4, -0.2) is 28.4 Å². The first-order chi connectivity index (χ1) is 15.4. The summed E-state index contributed by atoms with van der Waals surface area (Å²) in [5.41, 5.74) is 2.00. The van der Waals surface area contributed by atoms with Crippen LogP contribution in [0.1, 0.15) is 32.3 Å². The highest BCUT2D eigenvalue weighted by atomic mass is 16.6. The van der Waals surface area contributed by atoms with Crippen LogP contribution in [0, 0.1) is 22.0 Å². The van der Waals surface area contributed by atoms with E-state index >= 15 is 0 Å². The van der Waals surface area contributed by atoms with Crippen molar-refractivity contribution in [3.05, 3.63) is 88.2 Å². The minimum Gasteiger partial charge on any atom is -0.463 e. The second-order valence-corrected chi connectivity index (χ2v) is 7.82. The van der Waals surface area contributed by atoms with Crippen molar-refractivity contribution in [1.82, 2.24) is 4.57 Å². The molecule has 0 bridgehead atoms. The van der Waals surface area contributed by atoms with Gasteiger partial charge < -0.3 is 14.1 Å². The van der Waals surface area contributed by atoms with E-state index in [1.807, 2.05) is 79.2 Å². The fourth-order valence-electron chi connectivity index (χ4n) is 4.00. The maximum absolute atomic E-state index is 12.2. The van der Waals surface area contributed by atoms with E-state index in [0.29, 0.717) is 5.56 Å². The molecule has 0 unspecified atom stereocenters. The van der Waals surface area contributed by atoms with Gasteiger partial charge in [-0.05, 0) is 36.6 Å². The largest absolute Gasteiger partial charge is 0.463 e. The van der Waals surface area contributed by atoms with E-state index in [9.17, 15) is 19.7 Å². The summed E-state index contributed by atoms with van der Waals surface area (Å²) < 4.78 is 6.88. The number of esters is 1. The van der Waals surface area contributed by atoms with Crippen LogP contribution >= 0.6 is 0 Å². The number of para-hydroxylation sites is 2. The first-order valence-corrected chi connectivity index (χ1v) is 10.5. The minimum atomic E-state index is -0.929. The van der Waals surface area contributed by atoms with E-state index in [0.717, 1.165) is 29.0 Å². The molecule has 0 aliphatic rings. The van der Waals surface area contributed by atoms with Crippen LogP contribution in [0.5, 0.6) is 0 Å². The molecule has 1 aromatic heterocycles. The molecular weight excluding hydrogens is 408 g/mol. The monoisotopic (exact) mass is 434 g/mol. The van der Waals surface area contributed by atoms with Crippen molar-refractivity contribution >= 4 is 23.2 Å². The Kier molecular flexibility index (Phi) is 7.20.